The van der Waals surface area contributed by atoms with Gasteiger partial charge in [0.1, 0.15) is 11.5 Å². The van der Waals surface area contributed by atoms with Gasteiger partial charge in [-0.3, -0.25) is 9.69 Å². The van der Waals surface area contributed by atoms with Crippen molar-refractivity contribution in [1.29, 1.82) is 0 Å². The first kappa shape index (κ1) is 27.0. The van der Waals surface area contributed by atoms with Crippen LogP contribution in [0.3, 0.4) is 0 Å². The molecular weight excluding hydrogens is 466 g/mol. The number of amides is 1. The summed E-state index contributed by atoms with van der Waals surface area (Å²) in [6.45, 7) is 6.17. The van der Waals surface area contributed by atoms with Crippen molar-refractivity contribution < 1.29 is 19.7 Å². The van der Waals surface area contributed by atoms with Crippen molar-refractivity contribution in [1.82, 2.24) is 14.7 Å². The van der Waals surface area contributed by atoms with E-state index in [2.05, 4.69) is 55.1 Å². The number of hydrogen-bond donors (Lipinski definition) is 2. The van der Waals surface area contributed by atoms with Gasteiger partial charge in [0.2, 0.25) is 0 Å². The lowest BCUT2D eigenvalue weighted by molar-refractivity contribution is 0.0792. The Bertz CT molecular complexity index is 1130. The minimum atomic E-state index is -0.217. The van der Waals surface area contributed by atoms with Crippen LogP contribution in [0, 0.1) is 5.92 Å². The molecule has 1 aromatic rings. The molecule has 3 aliphatic rings. The third-order valence-corrected chi connectivity index (χ3v) is 7.30. The molecule has 0 saturated heterocycles. The maximum atomic E-state index is 13.5. The van der Waals surface area contributed by atoms with Gasteiger partial charge in [-0.15, -0.1) is 0 Å². The second-order valence-corrected chi connectivity index (χ2v) is 10.9. The van der Waals surface area contributed by atoms with E-state index in [1.54, 1.807) is 11.0 Å². The van der Waals surface area contributed by atoms with Gasteiger partial charge in [-0.2, -0.15) is 0 Å². The summed E-state index contributed by atoms with van der Waals surface area (Å²) >= 11 is 0. The number of carbonyl (C=O) groups excluding carboxylic acids is 1. The number of phenolic OH excluding ortho intramolecular Hbond substituents is 2. The highest BCUT2D eigenvalue weighted by Gasteiger charge is 2.32. The molecule has 0 bridgehead atoms. The molecule has 0 saturated carbocycles. The predicted octanol–water partition coefficient (Wildman–Crippen LogP) is 4.45. The molecule has 0 fully saturated rings. The molecular formula is C30H41N3O4. The van der Waals surface area contributed by atoms with Gasteiger partial charge in [0.25, 0.3) is 5.91 Å². The zero-order valence-electron chi connectivity index (χ0n) is 22.7. The standard InChI is InChI=1S/C30H41N3O4/c1-21-13-23-19-33(20-24(23)15-29(21)37-12-8-11-31(2)3)30(36)26-14-25(27(34)16-28(26)35)18-32(4)17-22-9-6-5-7-10-22/h5-6,9,14-16,21,34-35H,7-8,10-13,17-20H2,1-4H3. The number of hydrogen-bond acceptors (Lipinski definition) is 6. The molecule has 1 atom stereocenters. The summed E-state index contributed by atoms with van der Waals surface area (Å²) in [7, 11) is 6.12. The molecule has 2 N–H and O–H groups in total. The highest BCUT2D eigenvalue weighted by atomic mass is 16.5. The van der Waals surface area contributed by atoms with Gasteiger partial charge in [-0.1, -0.05) is 30.7 Å². The lowest BCUT2D eigenvalue weighted by atomic mass is 9.91. The van der Waals surface area contributed by atoms with E-state index < -0.39 is 0 Å². The third kappa shape index (κ3) is 6.84. The molecule has 7 heteroatoms. The van der Waals surface area contributed by atoms with Crippen LogP contribution in [0.25, 0.3) is 0 Å². The minimum Gasteiger partial charge on any atom is -0.507 e. The molecule has 2 aliphatic carbocycles. The van der Waals surface area contributed by atoms with E-state index in [0.717, 1.165) is 50.1 Å². The number of nitrogens with zero attached hydrogens (tertiary/aromatic N) is 3. The van der Waals surface area contributed by atoms with Crippen LogP contribution in [0.5, 0.6) is 11.5 Å². The summed E-state index contributed by atoms with van der Waals surface area (Å²) < 4.78 is 6.09. The molecule has 7 nitrogen and oxygen atoms in total. The van der Waals surface area contributed by atoms with Crippen molar-refractivity contribution in [3.05, 3.63) is 70.0 Å². The van der Waals surface area contributed by atoms with E-state index in [9.17, 15) is 15.0 Å². The summed E-state index contributed by atoms with van der Waals surface area (Å²) in [5.74, 6) is 0.878. The van der Waals surface area contributed by atoms with Crippen molar-refractivity contribution in [2.24, 2.45) is 5.92 Å². The van der Waals surface area contributed by atoms with Crippen LogP contribution in [0.2, 0.25) is 0 Å². The lowest BCUT2D eigenvalue weighted by Crippen LogP contribution is -2.29. The molecule has 1 heterocycles. The first-order valence-electron chi connectivity index (χ1n) is 13.3. The number of likely N-dealkylation sites (N-methyl/N-ethyl adjacent to an activating group) is 1. The Kier molecular flexibility index (Phi) is 8.77. The molecule has 1 amide bonds. The number of aromatic hydroxyl groups is 2. The molecule has 0 aromatic heterocycles. The van der Waals surface area contributed by atoms with Crippen LogP contribution in [0.1, 0.15) is 48.5 Å². The Hall–Kier alpha value is -3.03. The van der Waals surface area contributed by atoms with Crippen molar-refractivity contribution in [3.8, 4) is 11.5 Å². The van der Waals surface area contributed by atoms with E-state index in [1.807, 2.05) is 7.05 Å². The number of benzene rings is 1. The highest BCUT2D eigenvalue weighted by Crippen LogP contribution is 2.36. The Morgan fingerprint density at radius 2 is 1.95 bits per heavy atom. The van der Waals surface area contributed by atoms with Gasteiger partial charge in [0, 0.05) is 50.3 Å². The van der Waals surface area contributed by atoms with Gasteiger partial charge in [-0.25, -0.2) is 0 Å². The van der Waals surface area contributed by atoms with Crippen LogP contribution in [-0.4, -0.2) is 84.7 Å². The Labute approximate surface area is 221 Å². The Balaban J connectivity index is 1.41. The van der Waals surface area contributed by atoms with Crippen LogP contribution in [-0.2, 0) is 11.3 Å². The number of ether oxygens (including phenoxy) is 1. The molecule has 4 rings (SSSR count). The van der Waals surface area contributed by atoms with Crippen LogP contribution in [0.4, 0.5) is 0 Å². The van der Waals surface area contributed by atoms with E-state index in [1.165, 1.54) is 17.2 Å². The minimum absolute atomic E-state index is 0.00470. The van der Waals surface area contributed by atoms with Crippen LogP contribution in [0.15, 0.2) is 58.9 Å². The molecule has 200 valence electrons. The number of phenols is 2. The summed E-state index contributed by atoms with van der Waals surface area (Å²) in [6, 6.07) is 2.94. The molecule has 0 spiro atoms. The smallest absolute Gasteiger partial charge is 0.258 e. The van der Waals surface area contributed by atoms with Crippen LogP contribution >= 0.6 is 0 Å². The van der Waals surface area contributed by atoms with Crippen LogP contribution < -0.4 is 0 Å². The fraction of sp³-hybridized carbons (Fsp3) is 0.500. The fourth-order valence-electron chi connectivity index (χ4n) is 5.30. The lowest BCUT2D eigenvalue weighted by Gasteiger charge is -2.23. The van der Waals surface area contributed by atoms with Crippen molar-refractivity contribution >= 4 is 5.91 Å². The average Bonchev–Trinajstić information content (AvgIpc) is 3.26. The number of rotatable bonds is 10. The van der Waals surface area contributed by atoms with Gasteiger partial charge >= 0.3 is 0 Å². The van der Waals surface area contributed by atoms with E-state index >= 15 is 0 Å². The summed E-state index contributed by atoms with van der Waals surface area (Å²) in [6.07, 6.45) is 12.4. The third-order valence-electron chi connectivity index (χ3n) is 7.30. The second kappa shape index (κ2) is 12.0. The topological polar surface area (TPSA) is 76.5 Å². The molecule has 1 unspecified atom stereocenters. The zero-order valence-corrected chi connectivity index (χ0v) is 22.7. The monoisotopic (exact) mass is 507 g/mol. The Morgan fingerprint density at radius 1 is 1.14 bits per heavy atom. The fourth-order valence-corrected chi connectivity index (χ4v) is 5.30. The number of carbonyl (C=O) groups is 1. The molecule has 0 radical (unpaired) electrons. The summed E-state index contributed by atoms with van der Waals surface area (Å²) in [4.78, 5) is 19.5. The van der Waals surface area contributed by atoms with E-state index in [4.69, 9.17) is 4.74 Å². The maximum absolute atomic E-state index is 13.5. The molecule has 1 aliphatic heterocycles. The van der Waals surface area contributed by atoms with Crippen molar-refractivity contribution in [2.45, 2.75) is 39.2 Å². The normalized spacial score (nSPS) is 19.4. The van der Waals surface area contributed by atoms with Gasteiger partial charge in [0.05, 0.1) is 17.9 Å². The number of allylic oxidation sites excluding steroid dienone is 4. The van der Waals surface area contributed by atoms with E-state index in [-0.39, 0.29) is 28.9 Å². The van der Waals surface area contributed by atoms with Gasteiger partial charge in [0.15, 0.2) is 0 Å². The quantitative estimate of drug-likeness (QED) is 0.456. The van der Waals surface area contributed by atoms with Crippen molar-refractivity contribution in [3.63, 3.8) is 0 Å². The first-order valence-corrected chi connectivity index (χ1v) is 13.3. The SMILES string of the molecule is CC1CC2=C(C=C1OCCCN(C)C)CN(C(=O)c1cc(CN(C)CC3=CC=CCC3)c(O)cc1O)C2. The van der Waals surface area contributed by atoms with Gasteiger partial charge in [-0.05, 0) is 70.1 Å². The Morgan fingerprint density at radius 3 is 2.68 bits per heavy atom. The summed E-state index contributed by atoms with van der Waals surface area (Å²) in [5.41, 5.74) is 4.61. The first-order chi connectivity index (χ1) is 17.7. The molecule has 37 heavy (non-hydrogen) atoms. The van der Waals surface area contributed by atoms with Crippen molar-refractivity contribution in [2.75, 3.05) is 53.9 Å². The predicted molar refractivity (Wildman–Crippen MR) is 146 cm³/mol. The second-order valence-electron chi connectivity index (χ2n) is 10.9. The largest absolute Gasteiger partial charge is 0.507 e. The van der Waals surface area contributed by atoms with E-state index in [0.29, 0.717) is 31.8 Å². The van der Waals surface area contributed by atoms with Gasteiger partial charge < -0.3 is 24.7 Å². The average molecular weight is 508 g/mol. The highest BCUT2D eigenvalue weighted by molar-refractivity contribution is 5.98. The maximum Gasteiger partial charge on any atom is 0.258 e. The zero-order chi connectivity index (χ0) is 26.5. The molecule has 1 aromatic carbocycles. The summed E-state index contributed by atoms with van der Waals surface area (Å²) in [5, 5.41) is 21.1.